The van der Waals surface area contributed by atoms with E-state index in [1.807, 2.05) is 72.8 Å². The van der Waals surface area contributed by atoms with Gasteiger partial charge in [0.1, 0.15) is 18.1 Å². The van der Waals surface area contributed by atoms with Crippen molar-refractivity contribution in [2.75, 3.05) is 33.5 Å². The van der Waals surface area contributed by atoms with Crippen molar-refractivity contribution in [3.63, 3.8) is 0 Å². The van der Waals surface area contributed by atoms with Crippen LogP contribution in [0.15, 0.2) is 84.1 Å². The summed E-state index contributed by atoms with van der Waals surface area (Å²) in [6.07, 6.45) is 2.50. The molecule has 1 aliphatic heterocycles. The van der Waals surface area contributed by atoms with E-state index in [9.17, 15) is 4.79 Å². The lowest BCUT2D eigenvalue weighted by atomic mass is 9.99. The summed E-state index contributed by atoms with van der Waals surface area (Å²) in [5, 5.41) is 4.32. The third-order valence-electron chi connectivity index (χ3n) is 5.75. The third-order valence-corrected chi connectivity index (χ3v) is 5.75. The largest absolute Gasteiger partial charge is 0.490 e. The van der Waals surface area contributed by atoms with Crippen molar-refractivity contribution in [1.29, 1.82) is 0 Å². The SMILES string of the molecule is COC(=O)C1(C)OCC(Cc2ccc(OCCO/N=C(\c3ccccc3)c3ccccn3)cc2)CO1. The van der Waals surface area contributed by atoms with Gasteiger partial charge in [-0.3, -0.25) is 4.98 Å². The zero-order valence-corrected chi connectivity index (χ0v) is 20.5. The molecule has 0 atom stereocenters. The lowest BCUT2D eigenvalue weighted by Crippen LogP contribution is -2.48. The molecule has 1 aliphatic rings. The Morgan fingerprint density at radius 3 is 2.39 bits per heavy atom. The summed E-state index contributed by atoms with van der Waals surface area (Å²) < 4.78 is 21.8. The molecule has 1 fully saturated rings. The smallest absolute Gasteiger partial charge is 0.366 e. The van der Waals surface area contributed by atoms with Crippen LogP contribution in [-0.4, -0.2) is 56.0 Å². The number of hydrogen-bond donors (Lipinski definition) is 0. The number of aromatic nitrogens is 1. The highest BCUT2D eigenvalue weighted by atomic mass is 16.7. The first kappa shape index (κ1) is 25.3. The van der Waals surface area contributed by atoms with E-state index < -0.39 is 11.8 Å². The topological polar surface area (TPSA) is 88.5 Å². The minimum Gasteiger partial charge on any atom is -0.490 e. The van der Waals surface area contributed by atoms with Crippen molar-refractivity contribution < 1.29 is 28.6 Å². The third kappa shape index (κ3) is 6.68. The molecule has 188 valence electrons. The van der Waals surface area contributed by atoms with Crippen molar-refractivity contribution in [2.45, 2.75) is 19.1 Å². The molecular weight excluding hydrogens is 460 g/mol. The van der Waals surface area contributed by atoms with E-state index in [4.69, 9.17) is 23.8 Å². The van der Waals surface area contributed by atoms with Crippen LogP contribution in [0.25, 0.3) is 0 Å². The number of carbonyl (C=O) groups is 1. The van der Waals surface area contributed by atoms with Gasteiger partial charge in [0.15, 0.2) is 6.61 Å². The second kappa shape index (κ2) is 12.3. The Morgan fingerprint density at radius 2 is 1.72 bits per heavy atom. The van der Waals surface area contributed by atoms with Gasteiger partial charge < -0.3 is 23.8 Å². The fourth-order valence-corrected chi connectivity index (χ4v) is 3.77. The molecule has 3 aromatic rings. The van der Waals surface area contributed by atoms with Gasteiger partial charge in [-0.1, -0.05) is 53.7 Å². The van der Waals surface area contributed by atoms with Crippen LogP contribution in [0.2, 0.25) is 0 Å². The predicted octanol–water partition coefficient (Wildman–Crippen LogP) is 4.02. The highest BCUT2D eigenvalue weighted by Crippen LogP contribution is 2.25. The number of methoxy groups -OCH3 is 1. The number of carbonyl (C=O) groups excluding carboxylic acids is 1. The highest BCUT2D eigenvalue weighted by Gasteiger charge is 2.41. The first-order valence-electron chi connectivity index (χ1n) is 11.8. The predicted molar refractivity (Wildman–Crippen MR) is 134 cm³/mol. The zero-order valence-electron chi connectivity index (χ0n) is 20.5. The molecule has 0 aliphatic carbocycles. The van der Waals surface area contributed by atoms with E-state index >= 15 is 0 Å². The van der Waals surface area contributed by atoms with E-state index in [-0.39, 0.29) is 5.92 Å². The van der Waals surface area contributed by atoms with Crippen LogP contribution in [0.4, 0.5) is 0 Å². The lowest BCUT2D eigenvalue weighted by molar-refractivity contribution is -0.272. The van der Waals surface area contributed by atoms with Gasteiger partial charge >= 0.3 is 5.97 Å². The van der Waals surface area contributed by atoms with Crippen molar-refractivity contribution >= 4 is 11.7 Å². The first-order chi connectivity index (χ1) is 17.6. The molecule has 1 aromatic heterocycles. The van der Waals surface area contributed by atoms with E-state index in [2.05, 4.69) is 10.1 Å². The van der Waals surface area contributed by atoms with Crippen LogP contribution in [0, 0.1) is 5.92 Å². The van der Waals surface area contributed by atoms with Gasteiger partial charge in [0.2, 0.25) is 0 Å². The van der Waals surface area contributed by atoms with Crippen LogP contribution < -0.4 is 4.74 Å². The van der Waals surface area contributed by atoms with Gasteiger partial charge in [0.25, 0.3) is 5.79 Å². The Bertz CT molecular complexity index is 1090. The van der Waals surface area contributed by atoms with Gasteiger partial charge in [-0.15, -0.1) is 0 Å². The maximum atomic E-state index is 11.8. The maximum Gasteiger partial charge on any atom is 0.366 e. The normalized spacial score (nSPS) is 19.9. The standard InChI is InChI=1S/C28H30N2O6/c1-28(27(31)32-2)34-19-22(20-35-28)18-21-11-13-24(14-12-21)33-16-17-36-30-26(23-8-4-3-5-9-23)25-10-6-7-15-29-25/h3-15,22H,16-20H2,1-2H3/b30-26+. The van der Waals surface area contributed by atoms with E-state index in [1.165, 1.54) is 7.11 Å². The minimum absolute atomic E-state index is 0.152. The molecule has 0 amide bonds. The summed E-state index contributed by atoms with van der Waals surface area (Å²) in [5.74, 6) is -0.952. The molecule has 4 rings (SSSR count). The van der Waals surface area contributed by atoms with Crippen molar-refractivity contribution in [2.24, 2.45) is 11.1 Å². The number of esters is 1. The number of pyridine rings is 1. The molecule has 0 bridgehead atoms. The Labute approximate surface area is 210 Å². The zero-order chi connectivity index (χ0) is 25.2. The summed E-state index contributed by atoms with van der Waals surface area (Å²) in [4.78, 5) is 21.7. The maximum absolute atomic E-state index is 11.8. The molecule has 0 N–H and O–H groups in total. The van der Waals surface area contributed by atoms with Crippen LogP contribution in [0.1, 0.15) is 23.7 Å². The number of rotatable bonds is 10. The fourth-order valence-electron chi connectivity index (χ4n) is 3.77. The van der Waals surface area contributed by atoms with Crippen molar-refractivity contribution in [1.82, 2.24) is 4.98 Å². The second-order valence-electron chi connectivity index (χ2n) is 8.48. The minimum atomic E-state index is -1.32. The van der Waals surface area contributed by atoms with Gasteiger partial charge in [0.05, 0.1) is 26.0 Å². The molecular formula is C28H30N2O6. The molecule has 0 saturated carbocycles. The van der Waals surface area contributed by atoms with Crippen molar-refractivity contribution in [3.8, 4) is 5.75 Å². The van der Waals surface area contributed by atoms with E-state index in [1.54, 1.807) is 13.1 Å². The van der Waals surface area contributed by atoms with Crippen LogP contribution in [0.3, 0.4) is 0 Å². The molecule has 8 nitrogen and oxygen atoms in total. The molecule has 36 heavy (non-hydrogen) atoms. The second-order valence-corrected chi connectivity index (χ2v) is 8.48. The van der Waals surface area contributed by atoms with Gasteiger partial charge in [0, 0.05) is 24.6 Å². The Kier molecular flexibility index (Phi) is 8.65. The number of hydrogen-bond acceptors (Lipinski definition) is 8. The molecule has 2 heterocycles. The molecule has 0 unspecified atom stereocenters. The Morgan fingerprint density at radius 1 is 1.00 bits per heavy atom. The number of oxime groups is 1. The summed E-state index contributed by atoms with van der Waals surface area (Å²) in [6.45, 7) is 3.07. The summed E-state index contributed by atoms with van der Waals surface area (Å²) in [5.41, 5.74) is 3.47. The van der Waals surface area contributed by atoms with Crippen LogP contribution in [-0.2, 0) is 30.3 Å². The van der Waals surface area contributed by atoms with Crippen LogP contribution >= 0.6 is 0 Å². The highest BCUT2D eigenvalue weighted by molar-refractivity contribution is 6.11. The van der Waals surface area contributed by atoms with Crippen LogP contribution in [0.5, 0.6) is 5.75 Å². The van der Waals surface area contributed by atoms with Crippen molar-refractivity contribution in [3.05, 3.63) is 95.8 Å². The van der Waals surface area contributed by atoms with E-state index in [0.29, 0.717) is 32.1 Å². The van der Waals surface area contributed by atoms with Gasteiger partial charge in [-0.25, -0.2) is 4.79 Å². The molecule has 2 aromatic carbocycles. The molecule has 8 heteroatoms. The van der Waals surface area contributed by atoms with E-state index in [0.717, 1.165) is 29.0 Å². The quantitative estimate of drug-likeness (QED) is 0.184. The number of benzene rings is 2. The molecule has 0 spiro atoms. The molecule has 1 saturated heterocycles. The van der Waals surface area contributed by atoms with Gasteiger partial charge in [-0.05, 0) is 36.2 Å². The molecule has 0 radical (unpaired) electrons. The number of nitrogens with zero attached hydrogens (tertiary/aromatic N) is 2. The monoisotopic (exact) mass is 490 g/mol. The summed E-state index contributed by atoms with van der Waals surface area (Å²) >= 11 is 0. The fraction of sp³-hybridized carbons (Fsp3) is 0.321. The summed E-state index contributed by atoms with van der Waals surface area (Å²) in [7, 11) is 1.32. The van der Waals surface area contributed by atoms with Gasteiger partial charge in [-0.2, -0.15) is 0 Å². The number of ether oxygens (including phenoxy) is 4. The average molecular weight is 491 g/mol. The Hall–Kier alpha value is -3.75. The summed E-state index contributed by atoms with van der Waals surface area (Å²) in [6, 6.07) is 23.3. The average Bonchev–Trinajstić information content (AvgIpc) is 2.93. The Balaban J connectivity index is 1.24. The lowest BCUT2D eigenvalue weighted by Gasteiger charge is -2.35. The first-order valence-corrected chi connectivity index (χ1v) is 11.8.